The van der Waals surface area contributed by atoms with E-state index in [0.717, 1.165) is 11.4 Å². The Kier molecular flexibility index (Phi) is 1.36. The van der Waals surface area contributed by atoms with E-state index in [1.807, 2.05) is 24.9 Å². The van der Waals surface area contributed by atoms with Gasteiger partial charge in [0, 0.05) is 6.20 Å². The lowest BCUT2D eigenvalue weighted by atomic mass is 10.3. The number of carbonyl (C=O) groups is 1. The predicted octanol–water partition coefficient (Wildman–Crippen LogP) is 0.563. The summed E-state index contributed by atoms with van der Waals surface area (Å²) < 4.78 is 0. The highest BCUT2D eigenvalue weighted by molar-refractivity contribution is 6.44. The van der Waals surface area contributed by atoms with Crippen molar-refractivity contribution in [3.63, 3.8) is 0 Å². The summed E-state index contributed by atoms with van der Waals surface area (Å²) in [4.78, 5) is 20.8. The number of aliphatic imine (C=N–C) groups is 2. The molecule has 2 aliphatic rings. The Labute approximate surface area is 70.3 Å². The minimum absolute atomic E-state index is 0.0921. The van der Waals surface area contributed by atoms with E-state index in [1.54, 1.807) is 0 Å². The highest BCUT2D eigenvalue weighted by Gasteiger charge is 2.25. The number of fused-ring (bicyclic) bond motifs is 1. The highest BCUT2D eigenvalue weighted by atomic mass is 16.2. The average molecular weight is 163 g/mol. The number of carbonyl (C=O) groups excluding carboxylic acids is 1. The monoisotopic (exact) mass is 163 g/mol. The van der Waals surface area contributed by atoms with Crippen LogP contribution in [-0.2, 0) is 4.79 Å². The van der Waals surface area contributed by atoms with Crippen molar-refractivity contribution >= 4 is 17.5 Å². The molecule has 0 bridgehead atoms. The second-order valence-electron chi connectivity index (χ2n) is 2.92. The van der Waals surface area contributed by atoms with Gasteiger partial charge in [0.25, 0.3) is 5.91 Å². The van der Waals surface area contributed by atoms with Gasteiger partial charge in [-0.25, -0.2) is 0 Å². The van der Waals surface area contributed by atoms with Crippen molar-refractivity contribution in [2.45, 2.75) is 13.8 Å². The topological polar surface area (TPSA) is 45.0 Å². The van der Waals surface area contributed by atoms with Gasteiger partial charge in [-0.1, -0.05) is 0 Å². The number of amides is 1. The molecule has 0 atom stereocenters. The molecule has 1 amide bonds. The highest BCUT2D eigenvalue weighted by Crippen LogP contribution is 2.14. The number of hydrogen-bond donors (Lipinski definition) is 0. The fraction of sp³-hybridized carbons (Fsp3) is 0.375. The first-order valence-electron chi connectivity index (χ1n) is 3.79. The lowest BCUT2D eigenvalue weighted by Crippen LogP contribution is -2.30. The van der Waals surface area contributed by atoms with Gasteiger partial charge >= 0.3 is 0 Å². The third-order valence-electron chi connectivity index (χ3n) is 1.82. The molecule has 0 saturated carbocycles. The van der Waals surface area contributed by atoms with Crippen LogP contribution in [0.4, 0.5) is 0 Å². The lowest BCUT2D eigenvalue weighted by Gasteiger charge is -2.18. The van der Waals surface area contributed by atoms with E-state index in [4.69, 9.17) is 0 Å². The molecule has 0 unspecified atom stereocenters. The van der Waals surface area contributed by atoms with Crippen molar-refractivity contribution < 1.29 is 4.79 Å². The lowest BCUT2D eigenvalue weighted by molar-refractivity contribution is -0.116. The van der Waals surface area contributed by atoms with Crippen LogP contribution in [-0.4, -0.2) is 28.9 Å². The Morgan fingerprint density at radius 3 is 2.92 bits per heavy atom. The first-order chi connectivity index (χ1) is 5.66. The van der Waals surface area contributed by atoms with Gasteiger partial charge in [0.2, 0.25) is 0 Å². The summed E-state index contributed by atoms with van der Waals surface area (Å²) in [5, 5.41) is 0. The van der Waals surface area contributed by atoms with Gasteiger partial charge < -0.3 is 4.90 Å². The van der Waals surface area contributed by atoms with Crippen molar-refractivity contribution in [1.82, 2.24) is 4.90 Å². The quantitative estimate of drug-likeness (QED) is 0.524. The van der Waals surface area contributed by atoms with Gasteiger partial charge in [-0.05, 0) is 13.8 Å². The first kappa shape index (κ1) is 7.21. The van der Waals surface area contributed by atoms with Crippen LogP contribution in [0.15, 0.2) is 21.9 Å². The number of rotatable bonds is 0. The summed E-state index contributed by atoms with van der Waals surface area (Å²) in [7, 11) is 0. The van der Waals surface area contributed by atoms with Crippen LogP contribution in [0.1, 0.15) is 13.8 Å². The van der Waals surface area contributed by atoms with Crippen molar-refractivity contribution in [2.24, 2.45) is 9.98 Å². The smallest absolute Gasteiger partial charge is 0.267 e. The standard InChI is InChI=1S/C8H9N3O/c1-5-3-11-4-7(12)10-8(11)6(2)9-5/h3H,4H2,1-2H3. The van der Waals surface area contributed by atoms with Gasteiger partial charge in [-0.2, -0.15) is 4.99 Å². The summed E-state index contributed by atoms with van der Waals surface area (Å²) in [6, 6.07) is 0. The van der Waals surface area contributed by atoms with Crippen LogP contribution in [0.5, 0.6) is 0 Å². The van der Waals surface area contributed by atoms with E-state index >= 15 is 0 Å². The van der Waals surface area contributed by atoms with E-state index in [1.165, 1.54) is 0 Å². The summed E-state index contributed by atoms with van der Waals surface area (Å²) in [6.45, 7) is 4.13. The SMILES string of the molecule is CC1=CN2CC(=O)N=C2C(C)=N1. The predicted molar refractivity (Wildman–Crippen MR) is 46.0 cm³/mol. The fourth-order valence-corrected chi connectivity index (χ4v) is 1.40. The second-order valence-corrected chi connectivity index (χ2v) is 2.92. The normalized spacial score (nSPS) is 21.7. The zero-order chi connectivity index (χ0) is 8.72. The van der Waals surface area contributed by atoms with Crippen LogP contribution in [0.25, 0.3) is 0 Å². The molecule has 0 aromatic rings. The summed E-state index contributed by atoms with van der Waals surface area (Å²) in [5.74, 6) is 0.608. The Bertz CT molecular complexity index is 338. The summed E-state index contributed by atoms with van der Waals surface area (Å²) in [6.07, 6.45) is 1.84. The van der Waals surface area contributed by atoms with Crippen LogP contribution >= 0.6 is 0 Å². The minimum Gasteiger partial charge on any atom is -0.320 e. The molecule has 12 heavy (non-hydrogen) atoms. The maximum atomic E-state index is 10.9. The number of nitrogens with zero attached hydrogens (tertiary/aromatic N) is 3. The number of amidine groups is 1. The molecular formula is C8H9N3O. The maximum Gasteiger partial charge on any atom is 0.267 e. The van der Waals surface area contributed by atoms with Crippen LogP contribution < -0.4 is 0 Å². The van der Waals surface area contributed by atoms with Crippen LogP contribution in [0.2, 0.25) is 0 Å². The molecule has 0 aromatic carbocycles. The summed E-state index contributed by atoms with van der Waals surface area (Å²) >= 11 is 0. The Morgan fingerprint density at radius 1 is 1.42 bits per heavy atom. The number of hydrogen-bond acceptors (Lipinski definition) is 3. The van der Waals surface area contributed by atoms with E-state index in [-0.39, 0.29) is 5.91 Å². The average Bonchev–Trinajstić information content (AvgIpc) is 2.29. The van der Waals surface area contributed by atoms with Gasteiger partial charge in [0.05, 0.1) is 11.4 Å². The Hall–Kier alpha value is -1.45. The van der Waals surface area contributed by atoms with Crippen molar-refractivity contribution in [3.8, 4) is 0 Å². The second kappa shape index (κ2) is 2.27. The molecule has 62 valence electrons. The zero-order valence-electron chi connectivity index (χ0n) is 7.03. The molecule has 4 heteroatoms. The molecular weight excluding hydrogens is 154 g/mol. The van der Waals surface area contributed by atoms with Gasteiger partial charge in [0.15, 0.2) is 5.84 Å². The molecule has 0 N–H and O–H groups in total. The third-order valence-corrected chi connectivity index (χ3v) is 1.82. The largest absolute Gasteiger partial charge is 0.320 e. The molecule has 2 rings (SSSR count). The van der Waals surface area contributed by atoms with Crippen molar-refractivity contribution in [1.29, 1.82) is 0 Å². The van der Waals surface area contributed by atoms with E-state index in [9.17, 15) is 4.79 Å². The van der Waals surface area contributed by atoms with Gasteiger partial charge in [-0.3, -0.25) is 9.79 Å². The minimum atomic E-state index is -0.0921. The molecule has 0 aromatic heterocycles. The molecule has 2 aliphatic heterocycles. The Balaban J connectivity index is 2.44. The van der Waals surface area contributed by atoms with Gasteiger partial charge in [0.1, 0.15) is 6.54 Å². The fourth-order valence-electron chi connectivity index (χ4n) is 1.40. The Morgan fingerprint density at radius 2 is 2.17 bits per heavy atom. The van der Waals surface area contributed by atoms with E-state index < -0.39 is 0 Å². The molecule has 0 fully saturated rings. The summed E-state index contributed by atoms with van der Waals surface area (Å²) in [5.41, 5.74) is 1.74. The van der Waals surface area contributed by atoms with Crippen molar-refractivity contribution in [3.05, 3.63) is 11.9 Å². The first-order valence-corrected chi connectivity index (χ1v) is 3.79. The van der Waals surface area contributed by atoms with E-state index in [0.29, 0.717) is 12.4 Å². The molecule has 2 heterocycles. The zero-order valence-corrected chi connectivity index (χ0v) is 7.03. The molecule has 0 saturated heterocycles. The molecule has 4 nitrogen and oxygen atoms in total. The third kappa shape index (κ3) is 0.958. The maximum absolute atomic E-state index is 10.9. The van der Waals surface area contributed by atoms with Crippen LogP contribution in [0.3, 0.4) is 0 Å². The van der Waals surface area contributed by atoms with Gasteiger partial charge in [-0.15, -0.1) is 0 Å². The van der Waals surface area contributed by atoms with E-state index in [2.05, 4.69) is 9.98 Å². The molecule has 0 radical (unpaired) electrons. The van der Waals surface area contributed by atoms with Crippen molar-refractivity contribution in [2.75, 3.05) is 6.54 Å². The van der Waals surface area contributed by atoms with Crippen LogP contribution in [0, 0.1) is 0 Å². The number of allylic oxidation sites excluding steroid dienone is 1. The molecule has 0 spiro atoms. The molecule has 0 aliphatic carbocycles.